The maximum absolute atomic E-state index is 12.7. The van der Waals surface area contributed by atoms with Gasteiger partial charge in [0.05, 0.1) is 9.23 Å². The van der Waals surface area contributed by atoms with Crippen LogP contribution in [0.3, 0.4) is 0 Å². The first-order valence-electron chi connectivity index (χ1n) is 8.18. The Labute approximate surface area is 157 Å². The zero-order valence-corrected chi connectivity index (χ0v) is 16.3. The molecule has 0 fully saturated rings. The standard InChI is InChI=1S/C18H21ClO4S2/c1-2-3-4-5-6-16(18(20)21)25(22,23)14-9-7-13(8-10-14)15-11-12-17(19)24-15/h7-12,16H,2-6H2,1H3,(H,20,21). The van der Waals surface area contributed by atoms with Crippen molar-refractivity contribution in [2.45, 2.75) is 49.2 Å². The maximum atomic E-state index is 12.7. The molecule has 1 atom stereocenters. The molecule has 7 heteroatoms. The van der Waals surface area contributed by atoms with Crippen molar-refractivity contribution >= 4 is 38.7 Å². The van der Waals surface area contributed by atoms with Gasteiger partial charge in [-0.3, -0.25) is 4.79 Å². The van der Waals surface area contributed by atoms with E-state index in [-0.39, 0.29) is 11.3 Å². The van der Waals surface area contributed by atoms with E-state index in [4.69, 9.17) is 11.6 Å². The highest BCUT2D eigenvalue weighted by Gasteiger charge is 2.33. The van der Waals surface area contributed by atoms with Crippen molar-refractivity contribution in [3.05, 3.63) is 40.7 Å². The number of aliphatic carboxylic acids is 1. The lowest BCUT2D eigenvalue weighted by Gasteiger charge is -2.14. The van der Waals surface area contributed by atoms with E-state index in [0.717, 1.165) is 29.7 Å². The lowest BCUT2D eigenvalue weighted by atomic mass is 10.1. The summed E-state index contributed by atoms with van der Waals surface area (Å²) < 4.78 is 26.0. The zero-order chi connectivity index (χ0) is 18.4. The molecule has 2 rings (SSSR count). The van der Waals surface area contributed by atoms with E-state index in [1.807, 2.05) is 13.0 Å². The molecule has 0 aliphatic heterocycles. The highest BCUT2D eigenvalue weighted by molar-refractivity contribution is 7.92. The molecule has 0 aliphatic rings. The topological polar surface area (TPSA) is 71.4 Å². The lowest BCUT2D eigenvalue weighted by molar-refractivity contribution is -0.136. The van der Waals surface area contributed by atoms with Crippen LogP contribution in [0.25, 0.3) is 10.4 Å². The molecule has 1 aromatic heterocycles. The first-order chi connectivity index (χ1) is 11.9. The molecule has 0 aliphatic carbocycles. The van der Waals surface area contributed by atoms with Crippen LogP contribution < -0.4 is 0 Å². The second-order valence-electron chi connectivity index (χ2n) is 5.85. The second-order valence-corrected chi connectivity index (χ2v) is 9.69. The summed E-state index contributed by atoms with van der Waals surface area (Å²) in [5.41, 5.74) is 0.852. The minimum absolute atomic E-state index is 0.0433. The number of hydrogen-bond donors (Lipinski definition) is 1. The van der Waals surface area contributed by atoms with E-state index in [2.05, 4.69) is 0 Å². The summed E-state index contributed by atoms with van der Waals surface area (Å²) in [6.07, 6.45) is 3.56. The van der Waals surface area contributed by atoms with Crippen molar-refractivity contribution in [2.75, 3.05) is 0 Å². The fourth-order valence-electron chi connectivity index (χ4n) is 2.61. The van der Waals surface area contributed by atoms with Crippen LogP contribution in [0.15, 0.2) is 41.3 Å². The first kappa shape index (κ1) is 19.9. The molecule has 0 bridgehead atoms. The van der Waals surface area contributed by atoms with Crippen molar-refractivity contribution in [1.82, 2.24) is 0 Å². The minimum Gasteiger partial charge on any atom is -0.480 e. The summed E-state index contributed by atoms with van der Waals surface area (Å²) in [6, 6.07) is 9.96. The molecule has 0 radical (unpaired) electrons. The Morgan fingerprint density at radius 3 is 2.32 bits per heavy atom. The number of unbranched alkanes of at least 4 members (excludes halogenated alkanes) is 3. The average Bonchev–Trinajstić information content (AvgIpc) is 3.01. The van der Waals surface area contributed by atoms with Crippen LogP contribution in [0.5, 0.6) is 0 Å². The van der Waals surface area contributed by atoms with Crippen molar-refractivity contribution in [3.8, 4) is 10.4 Å². The summed E-state index contributed by atoms with van der Waals surface area (Å²) >= 11 is 7.32. The molecule has 1 heterocycles. The first-order valence-corrected chi connectivity index (χ1v) is 10.9. The Hall–Kier alpha value is -1.37. The summed E-state index contributed by atoms with van der Waals surface area (Å²) in [7, 11) is -3.90. The molecule has 1 unspecified atom stereocenters. The predicted molar refractivity (Wildman–Crippen MR) is 102 cm³/mol. The average molecular weight is 401 g/mol. The molecule has 1 aromatic carbocycles. The molecular formula is C18H21ClO4S2. The highest BCUT2D eigenvalue weighted by Crippen LogP contribution is 2.32. The molecule has 0 saturated heterocycles. The molecule has 0 saturated carbocycles. The largest absolute Gasteiger partial charge is 0.480 e. The molecule has 25 heavy (non-hydrogen) atoms. The van der Waals surface area contributed by atoms with E-state index >= 15 is 0 Å². The number of hydrogen-bond acceptors (Lipinski definition) is 4. The lowest BCUT2D eigenvalue weighted by Crippen LogP contribution is -2.30. The number of halogens is 1. The van der Waals surface area contributed by atoms with Crippen LogP contribution >= 0.6 is 22.9 Å². The summed E-state index contributed by atoms with van der Waals surface area (Å²) in [5, 5.41) is 7.97. The quantitative estimate of drug-likeness (QED) is 0.582. The summed E-state index contributed by atoms with van der Waals surface area (Å²) in [6.45, 7) is 2.05. The Kier molecular flexibility index (Phi) is 7.04. The van der Waals surface area contributed by atoms with Crippen LogP contribution in [0, 0.1) is 0 Å². The van der Waals surface area contributed by atoms with Gasteiger partial charge in [-0.1, -0.05) is 56.3 Å². The molecular weight excluding hydrogens is 380 g/mol. The number of carboxylic acid groups (broad SMARTS) is 1. The molecule has 136 valence electrons. The van der Waals surface area contributed by atoms with Gasteiger partial charge in [-0.05, 0) is 36.2 Å². The van der Waals surface area contributed by atoms with Crippen LogP contribution in [-0.2, 0) is 14.6 Å². The van der Waals surface area contributed by atoms with Gasteiger partial charge in [0.2, 0.25) is 0 Å². The van der Waals surface area contributed by atoms with Gasteiger partial charge in [-0.2, -0.15) is 0 Å². The number of carboxylic acids is 1. The van der Waals surface area contributed by atoms with Gasteiger partial charge >= 0.3 is 5.97 Å². The van der Waals surface area contributed by atoms with Gasteiger partial charge in [0.1, 0.15) is 0 Å². The molecule has 1 N–H and O–H groups in total. The number of rotatable bonds is 9. The van der Waals surface area contributed by atoms with Crippen molar-refractivity contribution in [1.29, 1.82) is 0 Å². The second kappa shape index (κ2) is 8.83. The summed E-state index contributed by atoms with van der Waals surface area (Å²) in [5.74, 6) is -1.29. The van der Waals surface area contributed by atoms with E-state index in [1.54, 1.807) is 18.2 Å². The van der Waals surface area contributed by atoms with Gasteiger partial charge in [0.15, 0.2) is 15.1 Å². The third-order valence-corrected chi connectivity index (χ3v) is 7.41. The van der Waals surface area contributed by atoms with Gasteiger partial charge < -0.3 is 5.11 Å². The molecule has 0 spiro atoms. The van der Waals surface area contributed by atoms with Gasteiger partial charge in [-0.25, -0.2) is 8.42 Å². The highest BCUT2D eigenvalue weighted by atomic mass is 35.5. The van der Waals surface area contributed by atoms with Crippen LogP contribution in [0.2, 0.25) is 4.34 Å². The molecule has 4 nitrogen and oxygen atoms in total. The van der Waals surface area contributed by atoms with E-state index < -0.39 is 21.1 Å². The fraction of sp³-hybridized carbons (Fsp3) is 0.389. The van der Waals surface area contributed by atoms with E-state index in [1.165, 1.54) is 23.5 Å². The minimum atomic E-state index is -3.90. The van der Waals surface area contributed by atoms with Crippen molar-refractivity contribution in [3.63, 3.8) is 0 Å². The Morgan fingerprint density at radius 1 is 1.12 bits per heavy atom. The maximum Gasteiger partial charge on any atom is 0.322 e. The van der Waals surface area contributed by atoms with Crippen LogP contribution in [-0.4, -0.2) is 24.7 Å². The third kappa shape index (κ3) is 5.06. The fourth-order valence-corrected chi connectivity index (χ4v) is 5.25. The third-order valence-electron chi connectivity index (χ3n) is 4.01. The number of sulfone groups is 1. The predicted octanol–water partition coefficient (Wildman–Crippen LogP) is 5.27. The Balaban J connectivity index is 2.19. The molecule has 0 amide bonds. The number of carbonyl (C=O) groups is 1. The SMILES string of the molecule is CCCCCCC(C(=O)O)S(=O)(=O)c1ccc(-c2ccc(Cl)s2)cc1. The monoisotopic (exact) mass is 400 g/mol. The van der Waals surface area contributed by atoms with Crippen LogP contribution in [0.4, 0.5) is 0 Å². The van der Waals surface area contributed by atoms with Gasteiger partial charge in [0.25, 0.3) is 0 Å². The smallest absolute Gasteiger partial charge is 0.322 e. The Morgan fingerprint density at radius 2 is 1.80 bits per heavy atom. The van der Waals surface area contributed by atoms with E-state index in [0.29, 0.717) is 10.8 Å². The van der Waals surface area contributed by atoms with E-state index in [9.17, 15) is 18.3 Å². The number of benzene rings is 1. The number of thiophene rings is 1. The van der Waals surface area contributed by atoms with Gasteiger partial charge in [0, 0.05) is 4.88 Å². The Bertz CT molecular complexity index is 810. The normalized spacial score (nSPS) is 12.9. The zero-order valence-electron chi connectivity index (χ0n) is 13.9. The van der Waals surface area contributed by atoms with Crippen molar-refractivity contribution < 1.29 is 18.3 Å². The molecule has 2 aromatic rings. The van der Waals surface area contributed by atoms with Crippen molar-refractivity contribution in [2.24, 2.45) is 0 Å². The van der Waals surface area contributed by atoms with Crippen LogP contribution in [0.1, 0.15) is 39.0 Å². The van der Waals surface area contributed by atoms with Gasteiger partial charge in [-0.15, -0.1) is 11.3 Å². The summed E-state index contributed by atoms with van der Waals surface area (Å²) in [4.78, 5) is 12.5.